The summed E-state index contributed by atoms with van der Waals surface area (Å²) in [5.41, 5.74) is -0.450. The van der Waals surface area contributed by atoms with Crippen molar-refractivity contribution in [3.63, 3.8) is 0 Å². The highest BCUT2D eigenvalue weighted by molar-refractivity contribution is 4.82. The maximum Gasteiger partial charge on any atom is 0.0619 e. The first-order valence-corrected chi connectivity index (χ1v) is 4.72. The summed E-state index contributed by atoms with van der Waals surface area (Å²) in [6, 6.07) is 0. The molecule has 1 nitrogen and oxygen atoms in total. The van der Waals surface area contributed by atoms with Crippen LogP contribution >= 0.6 is 0 Å². The molecule has 1 aliphatic rings. The highest BCUT2D eigenvalue weighted by Gasteiger charge is 2.30. The highest BCUT2D eigenvalue weighted by atomic mass is 16.3. The zero-order chi connectivity index (χ0) is 8.48. The summed E-state index contributed by atoms with van der Waals surface area (Å²) in [4.78, 5) is 0. The second kappa shape index (κ2) is 3.14. The van der Waals surface area contributed by atoms with E-state index in [0.717, 1.165) is 5.92 Å². The van der Waals surface area contributed by atoms with Crippen LogP contribution in [0.25, 0.3) is 0 Å². The van der Waals surface area contributed by atoms with Crippen LogP contribution in [0, 0.1) is 11.8 Å². The van der Waals surface area contributed by atoms with Gasteiger partial charge in [0.1, 0.15) is 0 Å². The summed E-state index contributed by atoms with van der Waals surface area (Å²) in [5.74, 6) is 1.35. The van der Waals surface area contributed by atoms with Gasteiger partial charge >= 0.3 is 0 Å². The van der Waals surface area contributed by atoms with E-state index >= 15 is 0 Å². The molecule has 0 radical (unpaired) electrons. The maximum absolute atomic E-state index is 9.76. The zero-order valence-corrected chi connectivity index (χ0v) is 7.93. The van der Waals surface area contributed by atoms with Crippen molar-refractivity contribution in [2.24, 2.45) is 11.8 Å². The molecule has 0 aromatic carbocycles. The lowest BCUT2D eigenvalue weighted by atomic mass is 9.75. The van der Waals surface area contributed by atoms with Gasteiger partial charge in [-0.1, -0.05) is 19.8 Å². The van der Waals surface area contributed by atoms with Crippen LogP contribution in [0.2, 0.25) is 0 Å². The average molecular weight is 156 g/mol. The van der Waals surface area contributed by atoms with Gasteiger partial charge in [-0.2, -0.15) is 0 Å². The van der Waals surface area contributed by atoms with Gasteiger partial charge in [-0.25, -0.2) is 0 Å². The highest BCUT2D eigenvalue weighted by Crippen LogP contribution is 2.35. The molecule has 0 bridgehead atoms. The lowest BCUT2D eigenvalue weighted by Gasteiger charge is -2.35. The van der Waals surface area contributed by atoms with Crippen LogP contribution in [-0.4, -0.2) is 10.7 Å². The average Bonchev–Trinajstić information content (AvgIpc) is 1.86. The number of hydrogen-bond acceptors (Lipinski definition) is 1. The van der Waals surface area contributed by atoms with Gasteiger partial charge in [0.2, 0.25) is 0 Å². The Morgan fingerprint density at radius 3 is 2.27 bits per heavy atom. The molecule has 1 aliphatic carbocycles. The van der Waals surface area contributed by atoms with Gasteiger partial charge in [0.25, 0.3) is 0 Å². The van der Waals surface area contributed by atoms with Crippen LogP contribution in [0.4, 0.5) is 0 Å². The van der Waals surface area contributed by atoms with E-state index < -0.39 is 5.60 Å². The molecule has 11 heavy (non-hydrogen) atoms. The van der Waals surface area contributed by atoms with Crippen molar-refractivity contribution in [2.75, 3.05) is 0 Å². The Hall–Kier alpha value is -0.0400. The molecular formula is C10H20O. The molecule has 1 N–H and O–H groups in total. The molecule has 1 fully saturated rings. The fraction of sp³-hybridized carbons (Fsp3) is 1.00. The van der Waals surface area contributed by atoms with Gasteiger partial charge in [0, 0.05) is 0 Å². The molecule has 0 saturated heterocycles. The predicted octanol–water partition coefficient (Wildman–Crippen LogP) is 2.58. The fourth-order valence-corrected chi connectivity index (χ4v) is 2.08. The Labute approximate surface area is 69.8 Å². The SMILES string of the molecule is C[C@H]1CCC[C@H](C(C)(C)O)C1. The molecule has 0 aliphatic heterocycles. The molecule has 0 unspecified atom stereocenters. The Kier molecular flexibility index (Phi) is 2.58. The minimum Gasteiger partial charge on any atom is -0.390 e. The second-order valence-electron chi connectivity index (χ2n) is 4.62. The minimum absolute atomic E-state index is 0.450. The first kappa shape index (κ1) is 9.05. The van der Waals surface area contributed by atoms with Crippen molar-refractivity contribution in [3.05, 3.63) is 0 Å². The van der Waals surface area contributed by atoms with Crippen molar-refractivity contribution in [1.29, 1.82) is 0 Å². The molecule has 1 rings (SSSR count). The quantitative estimate of drug-likeness (QED) is 0.618. The van der Waals surface area contributed by atoms with Gasteiger partial charge in [0.15, 0.2) is 0 Å². The van der Waals surface area contributed by atoms with E-state index in [2.05, 4.69) is 6.92 Å². The summed E-state index contributed by atoms with van der Waals surface area (Å²) in [5, 5.41) is 9.76. The van der Waals surface area contributed by atoms with Crippen molar-refractivity contribution in [3.8, 4) is 0 Å². The van der Waals surface area contributed by atoms with E-state index in [-0.39, 0.29) is 0 Å². The Morgan fingerprint density at radius 2 is 1.91 bits per heavy atom. The van der Waals surface area contributed by atoms with Crippen LogP contribution in [0.1, 0.15) is 46.5 Å². The van der Waals surface area contributed by atoms with E-state index in [4.69, 9.17) is 0 Å². The monoisotopic (exact) mass is 156 g/mol. The van der Waals surface area contributed by atoms with E-state index in [9.17, 15) is 5.11 Å². The summed E-state index contributed by atoms with van der Waals surface area (Å²) in [6.45, 7) is 6.17. The van der Waals surface area contributed by atoms with Gasteiger partial charge in [0.05, 0.1) is 5.60 Å². The summed E-state index contributed by atoms with van der Waals surface area (Å²) < 4.78 is 0. The molecule has 0 spiro atoms. The van der Waals surface area contributed by atoms with E-state index in [1.165, 1.54) is 25.7 Å². The first-order valence-electron chi connectivity index (χ1n) is 4.72. The molecule has 0 aromatic rings. The third-order valence-corrected chi connectivity index (χ3v) is 2.94. The molecule has 1 saturated carbocycles. The maximum atomic E-state index is 9.76. The van der Waals surface area contributed by atoms with Crippen LogP contribution in [0.15, 0.2) is 0 Å². The Balaban J connectivity index is 2.46. The van der Waals surface area contributed by atoms with Crippen LogP contribution in [0.5, 0.6) is 0 Å². The largest absolute Gasteiger partial charge is 0.390 e. The van der Waals surface area contributed by atoms with Crippen LogP contribution < -0.4 is 0 Å². The third kappa shape index (κ3) is 2.48. The number of rotatable bonds is 1. The van der Waals surface area contributed by atoms with Crippen LogP contribution in [0.3, 0.4) is 0 Å². The summed E-state index contributed by atoms with van der Waals surface area (Å²) in [7, 11) is 0. The Morgan fingerprint density at radius 1 is 1.27 bits per heavy atom. The number of aliphatic hydroxyl groups is 1. The first-order chi connectivity index (χ1) is 5.00. The van der Waals surface area contributed by atoms with Gasteiger partial charge in [-0.15, -0.1) is 0 Å². The Bertz CT molecular complexity index is 123. The van der Waals surface area contributed by atoms with E-state index in [0.29, 0.717) is 5.92 Å². The van der Waals surface area contributed by atoms with Crippen molar-refractivity contribution >= 4 is 0 Å². The topological polar surface area (TPSA) is 20.2 Å². The van der Waals surface area contributed by atoms with Gasteiger partial charge in [-0.05, 0) is 38.5 Å². The molecule has 66 valence electrons. The lowest BCUT2D eigenvalue weighted by Crippen LogP contribution is -2.34. The molecule has 0 amide bonds. The number of hydrogen-bond donors (Lipinski definition) is 1. The molecular weight excluding hydrogens is 136 g/mol. The van der Waals surface area contributed by atoms with Crippen molar-refractivity contribution < 1.29 is 5.11 Å². The molecule has 0 aromatic heterocycles. The van der Waals surface area contributed by atoms with Crippen molar-refractivity contribution in [2.45, 2.75) is 52.1 Å². The fourth-order valence-electron chi connectivity index (χ4n) is 2.08. The normalized spacial score (nSPS) is 33.8. The van der Waals surface area contributed by atoms with Crippen LogP contribution in [-0.2, 0) is 0 Å². The molecule has 1 heteroatoms. The predicted molar refractivity (Wildman–Crippen MR) is 47.4 cm³/mol. The molecule has 0 heterocycles. The summed E-state index contributed by atoms with van der Waals surface area (Å²) in [6.07, 6.45) is 5.08. The minimum atomic E-state index is -0.450. The third-order valence-electron chi connectivity index (χ3n) is 2.94. The lowest BCUT2D eigenvalue weighted by molar-refractivity contribution is -0.00781. The smallest absolute Gasteiger partial charge is 0.0619 e. The van der Waals surface area contributed by atoms with Crippen molar-refractivity contribution in [1.82, 2.24) is 0 Å². The second-order valence-corrected chi connectivity index (χ2v) is 4.62. The zero-order valence-electron chi connectivity index (χ0n) is 7.93. The molecule has 2 atom stereocenters. The summed E-state index contributed by atoms with van der Waals surface area (Å²) >= 11 is 0. The van der Waals surface area contributed by atoms with Gasteiger partial charge < -0.3 is 5.11 Å². The van der Waals surface area contributed by atoms with E-state index in [1.54, 1.807) is 0 Å². The standard InChI is InChI=1S/C10H20O/c1-8-5-4-6-9(7-8)10(2,3)11/h8-9,11H,4-7H2,1-3H3/t8-,9-/m0/s1. The van der Waals surface area contributed by atoms with Gasteiger partial charge in [-0.3, -0.25) is 0 Å². The van der Waals surface area contributed by atoms with E-state index in [1.807, 2.05) is 13.8 Å².